The second-order valence-corrected chi connectivity index (χ2v) is 4.01. The highest BCUT2D eigenvalue weighted by Gasteiger charge is 2.23. The average Bonchev–Trinajstić information content (AvgIpc) is 2.42. The fourth-order valence-electron chi connectivity index (χ4n) is 1.47. The Balaban J connectivity index is 2.48. The van der Waals surface area contributed by atoms with Crippen molar-refractivity contribution < 1.29 is 9.31 Å². The molecule has 20 heavy (non-hydrogen) atoms. The van der Waals surface area contributed by atoms with Crippen LogP contribution in [0.5, 0.6) is 0 Å². The number of hydrogen-bond acceptors (Lipinski definition) is 7. The van der Waals surface area contributed by atoms with Gasteiger partial charge in [0.15, 0.2) is 0 Å². The minimum Gasteiger partial charge on any atom is -0.332 e. The summed E-state index contributed by atoms with van der Waals surface area (Å²) in [7, 11) is 0. The molecule has 1 aromatic heterocycles. The molecular formula is C10H8ClFN6O2. The minimum atomic E-state index is -0.736. The van der Waals surface area contributed by atoms with E-state index < -0.39 is 16.4 Å². The Labute approximate surface area is 116 Å². The predicted octanol–water partition coefficient (Wildman–Crippen LogP) is 2.21. The Morgan fingerprint density at radius 1 is 1.35 bits per heavy atom. The van der Waals surface area contributed by atoms with Gasteiger partial charge in [0.2, 0.25) is 11.6 Å². The zero-order chi connectivity index (χ0) is 14.7. The summed E-state index contributed by atoms with van der Waals surface area (Å²) in [4.78, 5) is 17.6. The number of benzene rings is 1. The molecular weight excluding hydrogens is 291 g/mol. The normalized spacial score (nSPS) is 10.2. The van der Waals surface area contributed by atoms with Gasteiger partial charge in [0.25, 0.3) is 0 Å². The first-order chi connectivity index (χ1) is 9.52. The smallest absolute Gasteiger partial charge is 0.332 e. The number of anilines is 3. The van der Waals surface area contributed by atoms with Crippen molar-refractivity contribution in [2.45, 2.75) is 0 Å². The molecule has 0 aliphatic carbocycles. The zero-order valence-corrected chi connectivity index (χ0v) is 10.6. The van der Waals surface area contributed by atoms with Gasteiger partial charge < -0.3 is 10.7 Å². The summed E-state index contributed by atoms with van der Waals surface area (Å²) in [6.45, 7) is 0. The molecule has 0 bridgehead atoms. The molecule has 4 N–H and O–H groups in total. The topological polar surface area (TPSA) is 119 Å². The standard InChI is InChI=1S/C10H8ClFN6O2/c11-5-1-2-6(12)7(3-5)16-9-8(18(19)20)10(17-13)15-4-14-9/h1-4H,13H2,(H2,14,15,16,17). The van der Waals surface area contributed by atoms with Crippen LogP contribution in [0.1, 0.15) is 0 Å². The lowest BCUT2D eigenvalue weighted by Gasteiger charge is -2.09. The van der Waals surface area contributed by atoms with E-state index in [9.17, 15) is 14.5 Å². The molecule has 0 spiro atoms. The van der Waals surface area contributed by atoms with Gasteiger partial charge in [0, 0.05) is 5.02 Å². The van der Waals surface area contributed by atoms with Crippen molar-refractivity contribution in [2.24, 2.45) is 5.84 Å². The lowest BCUT2D eigenvalue weighted by Crippen LogP contribution is -2.13. The summed E-state index contributed by atoms with van der Waals surface area (Å²) >= 11 is 5.74. The third kappa shape index (κ3) is 2.73. The van der Waals surface area contributed by atoms with E-state index in [1.807, 2.05) is 0 Å². The third-order valence-electron chi connectivity index (χ3n) is 2.32. The lowest BCUT2D eigenvalue weighted by molar-refractivity contribution is -0.383. The number of hydrazine groups is 1. The Bertz CT molecular complexity index is 668. The SMILES string of the molecule is NNc1ncnc(Nc2cc(Cl)ccc2F)c1[N+](=O)[O-]. The molecule has 0 unspecified atom stereocenters. The van der Waals surface area contributed by atoms with Crippen molar-refractivity contribution >= 4 is 34.6 Å². The van der Waals surface area contributed by atoms with Gasteiger partial charge in [-0.15, -0.1) is 0 Å². The van der Waals surface area contributed by atoms with Gasteiger partial charge in [-0.25, -0.2) is 20.2 Å². The largest absolute Gasteiger partial charge is 0.354 e. The number of halogens is 2. The van der Waals surface area contributed by atoms with Crippen LogP contribution >= 0.6 is 11.6 Å². The summed E-state index contributed by atoms with van der Waals surface area (Å²) in [5, 5.41) is 13.8. The van der Waals surface area contributed by atoms with Crippen molar-refractivity contribution in [2.75, 3.05) is 10.7 Å². The van der Waals surface area contributed by atoms with Crippen molar-refractivity contribution in [1.29, 1.82) is 0 Å². The van der Waals surface area contributed by atoms with Crippen molar-refractivity contribution in [3.63, 3.8) is 0 Å². The van der Waals surface area contributed by atoms with E-state index in [0.29, 0.717) is 0 Å². The first-order valence-electron chi connectivity index (χ1n) is 5.21. The Morgan fingerprint density at radius 2 is 2.05 bits per heavy atom. The fraction of sp³-hybridized carbons (Fsp3) is 0. The number of nitrogens with one attached hydrogen (secondary N) is 2. The van der Waals surface area contributed by atoms with Crippen LogP contribution in [-0.4, -0.2) is 14.9 Å². The average molecular weight is 299 g/mol. The molecule has 0 aliphatic rings. The van der Waals surface area contributed by atoms with Crippen LogP contribution in [-0.2, 0) is 0 Å². The Hall–Kier alpha value is -2.52. The molecule has 0 amide bonds. The number of nitrogen functional groups attached to an aromatic ring is 1. The van der Waals surface area contributed by atoms with Crippen LogP contribution in [0, 0.1) is 15.9 Å². The first kappa shape index (κ1) is 13.9. The molecule has 2 aromatic rings. The van der Waals surface area contributed by atoms with Gasteiger partial charge in [-0.2, -0.15) is 0 Å². The van der Waals surface area contributed by atoms with Gasteiger partial charge in [0.1, 0.15) is 12.1 Å². The first-order valence-corrected chi connectivity index (χ1v) is 5.59. The molecule has 8 nitrogen and oxygen atoms in total. The summed E-state index contributed by atoms with van der Waals surface area (Å²) < 4.78 is 13.6. The number of hydrogen-bond donors (Lipinski definition) is 3. The highest BCUT2D eigenvalue weighted by Crippen LogP contribution is 2.31. The van der Waals surface area contributed by atoms with E-state index in [1.54, 1.807) is 0 Å². The summed E-state index contributed by atoms with van der Waals surface area (Å²) in [6.07, 6.45) is 1.05. The van der Waals surface area contributed by atoms with Crippen LogP contribution < -0.4 is 16.6 Å². The molecule has 2 rings (SSSR count). The maximum atomic E-state index is 13.6. The molecule has 0 saturated heterocycles. The number of nitro groups is 1. The quantitative estimate of drug-likeness (QED) is 0.449. The van der Waals surface area contributed by atoms with Crippen molar-refractivity contribution in [3.05, 3.63) is 45.5 Å². The van der Waals surface area contributed by atoms with Crippen LogP contribution in [0.3, 0.4) is 0 Å². The number of nitrogens with zero attached hydrogens (tertiary/aromatic N) is 3. The molecule has 0 fully saturated rings. The van der Waals surface area contributed by atoms with Crippen LogP contribution in [0.4, 0.5) is 27.4 Å². The maximum absolute atomic E-state index is 13.6. The molecule has 0 saturated carbocycles. The van der Waals surface area contributed by atoms with E-state index in [4.69, 9.17) is 17.4 Å². The highest BCUT2D eigenvalue weighted by atomic mass is 35.5. The summed E-state index contributed by atoms with van der Waals surface area (Å²) in [5.74, 6) is 4.09. The van der Waals surface area contributed by atoms with Gasteiger partial charge >= 0.3 is 5.69 Å². The molecule has 0 atom stereocenters. The maximum Gasteiger partial charge on any atom is 0.354 e. The molecule has 0 aliphatic heterocycles. The van der Waals surface area contributed by atoms with Crippen molar-refractivity contribution in [3.8, 4) is 0 Å². The van der Waals surface area contributed by atoms with E-state index >= 15 is 0 Å². The molecule has 104 valence electrons. The van der Waals surface area contributed by atoms with Gasteiger partial charge in [-0.3, -0.25) is 10.1 Å². The minimum absolute atomic E-state index is 0.0535. The Morgan fingerprint density at radius 3 is 2.70 bits per heavy atom. The second kappa shape index (κ2) is 5.63. The fourth-order valence-corrected chi connectivity index (χ4v) is 1.64. The van der Waals surface area contributed by atoms with Crippen LogP contribution in [0.25, 0.3) is 0 Å². The molecule has 10 heteroatoms. The van der Waals surface area contributed by atoms with E-state index in [0.717, 1.165) is 12.4 Å². The third-order valence-corrected chi connectivity index (χ3v) is 2.56. The van der Waals surface area contributed by atoms with Gasteiger partial charge in [-0.1, -0.05) is 11.6 Å². The monoisotopic (exact) mass is 298 g/mol. The number of nitrogens with two attached hydrogens (primary N) is 1. The predicted molar refractivity (Wildman–Crippen MR) is 71.2 cm³/mol. The lowest BCUT2D eigenvalue weighted by atomic mass is 10.3. The van der Waals surface area contributed by atoms with Gasteiger partial charge in [-0.05, 0) is 18.2 Å². The summed E-state index contributed by atoms with van der Waals surface area (Å²) in [5.41, 5.74) is 1.52. The summed E-state index contributed by atoms with van der Waals surface area (Å²) in [6, 6.07) is 3.75. The van der Waals surface area contributed by atoms with E-state index in [1.165, 1.54) is 12.1 Å². The molecule has 1 heterocycles. The zero-order valence-electron chi connectivity index (χ0n) is 9.80. The van der Waals surface area contributed by atoms with E-state index in [2.05, 4.69) is 20.7 Å². The molecule has 1 aromatic carbocycles. The Kier molecular flexibility index (Phi) is 3.91. The number of rotatable bonds is 4. The molecule has 0 radical (unpaired) electrons. The van der Waals surface area contributed by atoms with Crippen LogP contribution in [0.2, 0.25) is 5.02 Å². The van der Waals surface area contributed by atoms with E-state index in [-0.39, 0.29) is 22.3 Å². The van der Waals surface area contributed by atoms with Crippen LogP contribution in [0.15, 0.2) is 24.5 Å². The van der Waals surface area contributed by atoms with Crippen molar-refractivity contribution in [1.82, 2.24) is 9.97 Å². The number of aromatic nitrogens is 2. The van der Waals surface area contributed by atoms with Gasteiger partial charge in [0.05, 0.1) is 10.6 Å². The highest BCUT2D eigenvalue weighted by molar-refractivity contribution is 6.30. The second-order valence-electron chi connectivity index (χ2n) is 3.57.